The lowest BCUT2D eigenvalue weighted by atomic mass is 10.1. The van der Waals surface area contributed by atoms with E-state index in [2.05, 4.69) is 9.47 Å². The second-order valence-corrected chi connectivity index (χ2v) is 4.56. The first-order chi connectivity index (χ1) is 12.9. The van der Waals surface area contributed by atoms with Crippen molar-refractivity contribution < 1.29 is 47.9 Å². The molecule has 1 aromatic carbocycles. The van der Waals surface area contributed by atoms with Crippen molar-refractivity contribution in [1.82, 2.24) is 0 Å². The molecule has 0 atom stereocenters. The quantitative estimate of drug-likeness (QED) is 0.381. The van der Waals surface area contributed by atoms with E-state index >= 15 is 0 Å². The van der Waals surface area contributed by atoms with Crippen LogP contribution in [0.3, 0.4) is 0 Å². The molecule has 0 aliphatic carbocycles. The Morgan fingerprint density at radius 2 is 1.22 bits per heavy atom. The summed E-state index contributed by atoms with van der Waals surface area (Å²) in [5.74, 6) is -4.54. The van der Waals surface area contributed by atoms with E-state index in [0.29, 0.717) is 0 Å². The second-order valence-electron chi connectivity index (χ2n) is 4.56. The predicted molar refractivity (Wildman–Crippen MR) is 88.9 cm³/mol. The third-order valence-electron chi connectivity index (χ3n) is 2.86. The lowest BCUT2D eigenvalue weighted by molar-refractivity contribution is -0.139. The highest BCUT2D eigenvalue weighted by atomic mass is 16.6. The van der Waals surface area contributed by atoms with Gasteiger partial charge in [-0.25, -0.2) is 14.4 Å². The van der Waals surface area contributed by atoms with E-state index in [-0.39, 0.29) is 11.5 Å². The first-order valence-electron chi connectivity index (χ1n) is 7.24. The molecule has 0 aliphatic heterocycles. The molecule has 0 heterocycles. The molecule has 1 rings (SSSR count). The van der Waals surface area contributed by atoms with Gasteiger partial charge in [-0.2, -0.15) is 0 Å². The minimum absolute atomic E-state index is 0.254. The number of carboxylic acid groups (broad SMARTS) is 1. The molecular formula is C17H18O10. The fourth-order valence-electron chi connectivity index (χ4n) is 1.77. The largest absolute Gasteiger partial charge is 0.500 e. The zero-order valence-corrected chi connectivity index (χ0v) is 15.0. The molecule has 0 bridgehead atoms. The maximum Gasteiger partial charge on any atom is 0.377 e. The molecule has 1 aromatic rings. The van der Waals surface area contributed by atoms with Crippen LogP contribution in [0.25, 0.3) is 0 Å². The highest BCUT2D eigenvalue weighted by molar-refractivity contribution is 5.95. The van der Waals surface area contributed by atoms with E-state index in [4.69, 9.17) is 18.9 Å². The summed E-state index contributed by atoms with van der Waals surface area (Å²) in [5.41, 5.74) is -0.464. The summed E-state index contributed by atoms with van der Waals surface area (Å²) >= 11 is 0. The van der Waals surface area contributed by atoms with E-state index < -0.39 is 35.0 Å². The molecule has 0 unspecified atom stereocenters. The van der Waals surface area contributed by atoms with Gasteiger partial charge in [0.05, 0.1) is 28.4 Å². The number of ether oxygens (including phenoxy) is 6. The molecule has 0 aromatic heterocycles. The topological polar surface area (TPSA) is 127 Å². The van der Waals surface area contributed by atoms with E-state index in [1.54, 1.807) is 0 Å². The Morgan fingerprint density at radius 3 is 1.52 bits per heavy atom. The van der Waals surface area contributed by atoms with Gasteiger partial charge in [-0.05, 0) is 12.1 Å². The van der Waals surface area contributed by atoms with Crippen LogP contribution in [0.1, 0.15) is 10.4 Å². The fraction of sp³-hybridized carbons (Fsp3) is 0.235. The maximum absolute atomic E-state index is 11.7. The highest BCUT2D eigenvalue weighted by Crippen LogP contribution is 2.31. The Balaban J connectivity index is 3.38. The van der Waals surface area contributed by atoms with Gasteiger partial charge in [-0.1, -0.05) is 6.07 Å². The molecule has 146 valence electrons. The minimum Gasteiger partial charge on any atom is -0.500 e. The normalized spacial score (nSPS) is 11.3. The monoisotopic (exact) mass is 382 g/mol. The Kier molecular flexibility index (Phi) is 8.17. The number of hydrogen-bond acceptors (Lipinski definition) is 9. The molecule has 0 saturated heterocycles. The molecule has 10 nitrogen and oxygen atoms in total. The zero-order valence-electron chi connectivity index (χ0n) is 15.0. The first-order valence-corrected chi connectivity index (χ1v) is 7.24. The van der Waals surface area contributed by atoms with Gasteiger partial charge in [-0.15, -0.1) is 0 Å². The average Bonchev–Trinajstić information content (AvgIpc) is 2.65. The summed E-state index contributed by atoms with van der Waals surface area (Å²) in [7, 11) is 4.76. The van der Waals surface area contributed by atoms with Crippen molar-refractivity contribution in [2.45, 2.75) is 0 Å². The van der Waals surface area contributed by atoms with Gasteiger partial charge in [0.2, 0.25) is 11.5 Å². The van der Waals surface area contributed by atoms with E-state index in [1.807, 2.05) is 0 Å². The van der Waals surface area contributed by atoms with Gasteiger partial charge in [0.15, 0.2) is 0 Å². The van der Waals surface area contributed by atoms with E-state index in [9.17, 15) is 19.5 Å². The third kappa shape index (κ3) is 5.66. The lowest BCUT2D eigenvalue weighted by Gasteiger charge is -2.14. The number of carbonyl (C=O) groups excluding carboxylic acids is 2. The summed E-state index contributed by atoms with van der Waals surface area (Å²) in [6.45, 7) is 0. The molecule has 27 heavy (non-hydrogen) atoms. The van der Waals surface area contributed by atoms with Gasteiger partial charge >= 0.3 is 17.9 Å². The summed E-state index contributed by atoms with van der Waals surface area (Å²) < 4.78 is 29.1. The molecule has 0 saturated carbocycles. The fourth-order valence-corrected chi connectivity index (χ4v) is 1.77. The van der Waals surface area contributed by atoms with Crippen LogP contribution in [-0.4, -0.2) is 51.5 Å². The number of carboxylic acids is 1. The SMILES string of the molecule is CO/C=C(\Oc1cccc(O/C(=C\OC)C(=O)OC)c1C(=O)O)C(=O)OC. The van der Waals surface area contributed by atoms with Crippen LogP contribution in [0.4, 0.5) is 0 Å². The van der Waals surface area contributed by atoms with Gasteiger partial charge < -0.3 is 33.5 Å². The number of esters is 2. The molecule has 0 amide bonds. The predicted octanol–water partition coefficient (Wildman–Crippen LogP) is 1.46. The van der Waals surface area contributed by atoms with Crippen molar-refractivity contribution in [3.05, 3.63) is 47.8 Å². The third-order valence-corrected chi connectivity index (χ3v) is 2.86. The van der Waals surface area contributed by atoms with Crippen LogP contribution >= 0.6 is 0 Å². The maximum atomic E-state index is 11.7. The van der Waals surface area contributed by atoms with Gasteiger partial charge in [0.25, 0.3) is 0 Å². The van der Waals surface area contributed by atoms with Crippen LogP contribution in [0.15, 0.2) is 42.2 Å². The van der Waals surface area contributed by atoms with Crippen LogP contribution in [-0.2, 0) is 28.5 Å². The second kappa shape index (κ2) is 10.3. The van der Waals surface area contributed by atoms with Crippen LogP contribution in [0.2, 0.25) is 0 Å². The average molecular weight is 382 g/mol. The summed E-state index contributed by atoms with van der Waals surface area (Å²) in [5, 5.41) is 9.53. The summed E-state index contributed by atoms with van der Waals surface area (Å²) in [6, 6.07) is 3.95. The molecule has 0 radical (unpaired) electrons. The smallest absolute Gasteiger partial charge is 0.377 e. The Bertz CT molecular complexity index is 709. The Labute approximate surface area is 154 Å². The molecule has 0 spiro atoms. The van der Waals surface area contributed by atoms with Crippen molar-refractivity contribution in [1.29, 1.82) is 0 Å². The molecule has 10 heteroatoms. The zero-order chi connectivity index (χ0) is 20.4. The first kappa shape index (κ1) is 21.4. The van der Waals surface area contributed by atoms with Crippen molar-refractivity contribution in [2.24, 2.45) is 0 Å². The Hall–Kier alpha value is -3.69. The number of hydrogen-bond donors (Lipinski definition) is 1. The number of benzene rings is 1. The van der Waals surface area contributed by atoms with Gasteiger partial charge in [-0.3, -0.25) is 0 Å². The molecule has 0 fully saturated rings. The minimum atomic E-state index is -1.44. The van der Waals surface area contributed by atoms with E-state index in [0.717, 1.165) is 26.7 Å². The number of aromatic carboxylic acids is 1. The van der Waals surface area contributed by atoms with Gasteiger partial charge in [0.1, 0.15) is 29.6 Å². The standard InChI is InChI=1S/C17H18O10/c1-22-8-12(16(20)24-3)26-10-6-5-7-11(14(10)15(18)19)27-13(9-23-2)17(21)25-4/h5-9H,1-4H3,(H,18,19)/b12-8-,13-9-. The summed E-state index contributed by atoms with van der Waals surface area (Å²) in [6.07, 6.45) is 1.88. The van der Waals surface area contributed by atoms with Crippen molar-refractivity contribution in [2.75, 3.05) is 28.4 Å². The molecule has 0 aliphatic rings. The van der Waals surface area contributed by atoms with Crippen LogP contribution in [0, 0.1) is 0 Å². The van der Waals surface area contributed by atoms with Crippen LogP contribution < -0.4 is 9.47 Å². The number of carbonyl (C=O) groups is 3. The van der Waals surface area contributed by atoms with E-state index in [1.165, 1.54) is 32.4 Å². The summed E-state index contributed by atoms with van der Waals surface area (Å²) in [4.78, 5) is 35.1. The van der Waals surface area contributed by atoms with Crippen LogP contribution in [0.5, 0.6) is 11.5 Å². The van der Waals surface area contributed by atoms with Crippen molar-refractivity contribution >= 4 is 17.9 Å². The van der Waals surface area contributed by atoms with Gasteiger partial charge in [0, 0.05) is 0 Å². The van der Waals surface area contributed by atoms with Crippen molar-refractivity contribution in [3.8, 4) is 11.5 Å². The number of methoxy groups -OCH3 is 4. The molecule has 1 N–H and O–H groups in total. The lowest BCUT2D eigenvalue weighted by Crippen LogP contribution is -2.15. The Morgan fingerprint density at radius 1 is 0.815 bits per heavy atom. The molecular weight excluding hydrogens is 364 g/mol. The highest BCUT2D eigenvalue weighted by Gasteiger charge is 2.24. The number of rotatable bonds is 9. The van der Waals surface area contributed by atoms with Crippen molar-refractivity contribution in [3.63, 3.8) is 0 Å².